The molecule has 3 aliphatic rings. The zero-order chi connectivity index (χ0) is 24.8. The summed E-state index contributed by atoms with van der Waals surface area (Å²) >= 11 is 12.3. The lowest BCUT2D eigenvalue weighted by Crippen LogP contribution is -2.42. The highest BCUT2D eigenvalue weighted by Gasteiger charge is 2.38. The number of hydrogen-bond acceptors (Lipinski definition) is 5. The molecule has 0 bridgehead atoms. The molecule has 0 aliphatic carbocycles. The number of likely N-dealkylation sites (tertiary alicyclic amines) is 2. The fourth-order valence-corrected chi connectivity index (χ4v) is 8.31. The third kappa shape index (κ3) is 6.90. The maximum Gasteiger partial charge on any atom is 0.248 e. The summed E-state index contributed by atoms with van der Waals surface area (Å²) in [7, 11) is -3.85. The number of carbonyl (C=O) groups excluding carboxylic acids is 1. The van der Waals surface area contributed by atoms with Crippen molar-refractivity contribution in [2.45, 2.75) is 62.3 Å². The largest absolute Gasteiger partial charge is 0.370 e. The van der Waals surface area contributed by atoms with E-state index in [-0.39, 0.29) is 40.1 Å². The first-order valence-corrected chi connectivity index (χ1v) is 15.1. The second kappa shape index (κ2) is 12.6. The van der Waals surface area contributed by atoms with E-state index in [1.807, 2.05) is 4.90 Å². The maximum absolute atomic E-state index is 13.2. The van der Waals surface area contributed by atoms with Crippen molar-refractivity contribution < 1.29 is 17.9 Å². The number of ether oxygens (including phenoxy) is 1. The maximum atomic E-state index is 13.2. The molecule has 3 saturated heterocycles. The van der Waals surface area contributed by atoms with E-state index in [1.165, 1.54) is 61.8 Å². The van der Waals surface area contributed by atoms with Crippen molar-refractivity contribution in [1.29, 1.82) is 0 Å². The van der Waals surface area contributed by atoms with Gasteiger partial charge in [0.15, 0.2) is 0 Å². The summed E-state index contributed by atoms with van der Waals surface area (Å²) in [5, 5.41) is 0.220. The molecule has 7 nitrogen and oxygen atoms in total. The van der Waals surface area contributed by atoms with Crippen molar-refractivity contribution in [2.24, 2.45) is 5.92 Å². The highest BCUT2D eigenvalue weighted by Crippen LogP contribution is 2.35. The first kappa shape index (κ1) is 27.1. The third-order valence-electron chi connectivity index (χ3n) is 7.61. The molecule has 3 fully saturated rings. The van der Waals surface area contributed by atoms with Crippen molar-refractivity contribution in [3.05, 3.63) is 28.2 Å². The van der Waals surface area contributed by atoms with Gasteiger partial charge in [0.05, 0.1) is 16.7 Å². The molecule has 4 rings (SSSR count). The van der Waals surface area contributed by atoms with Crippen molar-refractivity contribution in [2.75, 3.05) is 52.5 Å². The molecular formula is C25H37Cl2N3O4S. The van der Waals surface area contributed by atoms with Crippen LogP contribution in [-0.4, -0.2) is 87.0 Å². The number of halogens is 2. The van der Waals surface area contributed by atoms with Crippen LogP contribution in [0.1, 0.15) is 51.4 Å². The fraction of sp³-hybridized carbons (Fsp3) is 0.720. The fourth-order valence-electron chi connectivity index (χ4n) is 5.53. The van der Waals surface area contributed by atoms with Gasteiger partial charge in [-0.25, -0.2) is 8.42 Å². The Labute approximate surface area is 219 Å². The van der Waals surface area contributed by atoms with E-state index in [9.17, 15) is 13.2 Å². The number of nitrogens with zero attached hydrogens (tertiary/aromatic N) is 3. The lowest BCUT2D eigenvalue weighted by atomic mass is 9.93. The molecular weight excluding hydrogens is 509 g/mol. The lowest BCUT2D eigenvalue weighted by Gasteiger charge is -2.34. The Kier molecular flexibility index (Phi) is 9.74. The van der Waals surface area contributed by atoms with E-state index in [0.717, 1.165) is 32.4 Å². The van der Waals surface area contributed by atoms with E-state index in [1.54, 1.807) is 6.07 Å². The van der Waals surface area contributed by atoms with Crippen LogP contribution in [0.4, 0.5) is 0 Å². The number of sulfonamides is 1. The smallest absolute Gasteiger partial charge is 0.248 e. The lowest BCUT2D eigenvalue weighted by molar-refractivity contribution is -0.137. The van der Waals surface area contributed by atoms with Gasteiger partial charge < -0.3 is 14.5 Å². The summed E-state index contributed by atoms with van der Waals surface area (Å²) in [6.07, 6.45) is 8.74. The minimum atomic E-state index is -3.85. The highest BCUT2D eigenvalue weighted by atomic mass is 35.5. The van der Waals surface area contributed by atoms with Crippen LogP contribution in [0.5, 0.6) is 0 Å². The zero-order valence-electron chi connectivity index (χ0n) is 20.3. The van der Waals surface area contributed by atoms with Gasteiger partial charge >= 0.3 is 0 Å². The molecule has 1 atom stereocenters. The molecule has 3 aliphatic heterocycles. The van der Waals surface area contributed by atoms with E-state index in [4.69, 9.17) is 27.9 Å². The summed E-state index contributed by atoms with van der Waals surface area (Å²) in [6, 6.07) is 4.34. The minimum Gasteiger partial charge on any atom is -0.370 e. The molecule has 35 heavy (non-hydrogen) atoms. The molecule has 0 saturated carbocycles. The van der Waals surface area contributed by atoms with Crippen LogP contribution in [0.3, 0.4) is 0 Å². The number of hydrogen-bond donors (Lipinski definition) is 0. The van der Waals surface area contributed by atoms with Crippen LogP contribution in [-0.2, 0) is 19.6 Å². The molecule has 1 amide bonds. The molecule has 1 aromatic rings. The van der Waals surface area contributed by atoms with Crippen LogP contribution in [0.15, 0.2) is 23.1 Å². The normalized spacial score (nSPS) is 23.1. The molecule has 0 radical (unpaired) electrons. The van der Waals surface area contributed by atoms with Gasteiger partial charge in [0.1, 0.15) is 11.5 Å². The Balaban J connectivity index is 1.20. The van der Waals surface area contributed by atoms with Gasteiger partial charge in [0.25, 0.3) is 0 Å². The minimum absolute atomic E-state index is 0.0129. The number of rotatable bonds is 9. The molecule has 3 heterocycles. The molecule has 196 valence electrons. The molecule has 0 aromatic heterocycles. The van der Waals surface area contributed by atoms with Crippen molar-refractivity contribution in [3.8, 4) is 0 Å². The number of amides is 1. The van der Waals surface area contributed by atoms with E-state index in [2.05, 4.69) is 4.90 Å². The predicted octanol–water partition coefficient (Wildman–Crippen LogP) is 4.28. The van der Waals surface area contributed by atoms with Crippen molar-refractivity contribution >= 4 is 39.1 Å². The average Bonchev–Trinajstić information content (AvgIpc) is 3.33. The topological polar surface area (TPSA) is 70.2 Å². The molecule has 10 heteroatoms. The van der Waals surface area contributed by atoms with E-state index >= 15 is 0 Å². The Hall–Kier alpha value is -0.900. The molecule has 0 spiro atoms. The first-order chi connectivity index (χ1) is 16.9. The summed E-state index contributed by atoms with van der Waals surface area (Å²) in [5.41, 5.74) is 0. The van der Waals surface area contributed by atoms with Crippen molar-refractivity contribution in [3.63, 3.8) is 0 Å². The average molecular weight is 547 g/mol. The number of piperidine rings is 2. The third-order valence-corrected chi connectivity index (χ3v) is 10.5. The zero-order valence-corrected chi connectivity index (χ0v) is 22.7. The summed E-state index contributed by atoms with van der Waals surface area (Å²) in [6.45, 7) is 5.76. The molecule has 1 aromatic carbocycles. The van der Waals surface area contributed by atoms with Gasteiger partial charge in [0.2, 0.25) is 15.9 Å². The first-order valence-electron chi connectivity index (χ1n) is 12.9. The summed E-state index contributed by atoms with van der Waals surface area (Å²) in [4.78, 5) is 17.1. The number of benzene rings is 1. The van der Waals surface area contributed by atoms with Gasteiger partial charge in [0, 0.05) is 25.7 Å². The second-order valence-electron chi connectivity index (χ2n) is 9.99. The monoisotopic (exact) mass is 545 g/mol. The predicted molar refractivity (Wildman–Crippen MR) is 138 cm³/mol. The second-order valence-corrected chi connectivity index (χ2v) is 12.6. The summed E-state index contributed by atoms with van der Waals surface area (Å²) < 4.78 is 33.6. The van der Waals surface area contributed by atoms with Gasteiger partial charge in [-0.2, -0.15) is 4.31 Å². The van der Waals surface area contributed by atoms with Gasteiger partial charge in [-0.3, -0.25) is 4.79 Å². The van der Waals surface area contributed by atoms with E-state index in [0.29, 0.717) is 18.9 Å². The van der Waals surface area contributed by atoms with Crippen LogP contribution in [0.25, 0.3) is 0 Å². The van der Waals surface area contributed by atoms with Crippen LogP contribution in [0.2, 0.25) is 10.0 Å². The Bertz CT molecular complexity index is 943. The SMILES string of the molecule is O=C(COCC1CCCN1S(=O)(=O)c1c(Cl)cccc1Cl)N1CCC(CCN2CCCCC2)CC1. The highest BCUT2D eigenvalue weighted by molar-refractivity contribution is 7.89. The summed E-state index contributed by atoms with van der Waals surface area (Å²) in [5.74, 6) is 0.678. The van der Waals surface area contributed by atoms with Gasteiger partial charge in [-0.1, -0.05) is 35.7 Å². The van der Waals surface area contributed by atoms with Crippen molar-refractivity contribution in [1.82, 2.24) is 14.1 Å². The van der Waals surface area contributed by atoms with Crippen LogP contribution in [0, 0.1) is 5.92 Å². The van der Waals surface area contributed by atoms with Gasteiger partial charge in [-0.05, 0) is 82.6 Å². The molecule has 1 unspecified atom stereocenters. The van der Waals surface area contributed by atoms with E-state index < -0.39 is 10.0 Å². The van der Waals surface area contributed by atoms with Crippen LogP contribution >= 0.6 is 23.2 Å². The molecule has 0 N–H and O–H groups in total. The van der Waals surface area contributed by atoms with Crippen LogP contribution < -0.4 is 0 Å². The Morgan fingerprint density at radius 3 is 2.31 bits per heavy atom. The number of carbonyl (C=O) groups is 1. The van der Waals surface area contributed by atoms with Gasteiger partial charge in [-0.15, -0.1) is 0 Å². The Morgan fingerprint density at radius 1 is 0.943 bits per heavy atom. The quantitative estimate of drug-likeness (QED) is 0.463. The standard InChI is InChI=1S/C25H37Cl2N3O4S/c26-22-7-4-8-23(27)25(22)35(32,33)30-14-5-6-21(30)18-34-19-24(31)29-16-10-20(11-17-29)9-15-28-12-2-1-3-13-28/h4,7-8,20-21H,1-3,5-6,9-19H2. The Morgan fingerprint density at radius 2 is 1.63 bits per heavy atom.